The van der Waals surface area contributed by atoms with Crippen LogP contribution in [-0.4, -0.2) is 11.8 Å². The molecule has 108 valence electrons. The minimum Gasteiger partial charge on any atom is -0.268 e. The van der Waals surface area contributed by atoms with Crippen LogP contribution in [0, 0.1) is 11.6 Å². The molecule has 1 heterocycles. The van der Waals surface area contributed by atoms with Crippen LogP contribution in [0.4, 0.5) is 20.2 Å². The number of rotatable bonds is 2. The molecule has 0 fully saturated rings. The average molecular weight is 300 g/mol. The minimum absolute atomic E-state index is 0.0745. The third-order valence-electron chi connectivity index (χ3n) is 3.18. The van der Waals surface area contributed by atoms with Gasteiger partial charge in [-0.3, -0.25) is 9.59 Å². The van der Waals surface area contributed by atoms with E-state index in [0.29, 0.717) is 4.90 Å². The molecule has 1 aliphatic heterocycles. The lowest BCUT2D eigenvalue weighted by Crippen LogP contribution is -2.31. The number of carbonyl (C=O) groups excluding carboxylic acids is 2. The van der Waals surface area contributed by atoms with Gasteiger partial charge in [0.15, 0.2) is 11.6 Å². The van der Waals surface area contributed by atoms with Crippen molar-refractivity contribution in [1.82, 2.24) is 0 Å². The molecule has 0 radical (unpaired) electrons. The first-order chi connectivity index (χ1) is 10.5. The van der Waals surface area contributed by atoms with Gasteiger partial charge in [-0.2, -0.15) is 0 Å². The summed E-state index contributed by atoms with van der Waals surface area (Å²) in [6.45, 7) is 0. The van der Waals surface area contributed by atoms with Gasteiger partial charge < -0.3 is 0 Å². The van der Waals surface area contributed by atoms with Crippen molar-refractivity contribution in [3.05, 3.63) is 69.6 Å². The van der Waals surface area contributed by atoms with Crippen LogP contribution in [0.1, 0.15) is 20.7 Å². The van der Waals surface area contributed by atoms with Crippen molar-refractivity contribution in [2.24, 2.45) is 5.11 Å². The zero-order chi connectivity index (χ0) is 15.9. The molecular weight excluding hydrogens is 294 g/mol. The van der Waals surface area contributed by atoms with Crippen LogP contribution in [0.15, 0.2) is 41.5 Å². The van der Waals surface area contributed by atoms with E-state index in [1.807, 2.05) is 0 Å². The molecule has 6 nitrogen and oxygen atoms in total. The van der Waals surface area contributed by atoms with Crippen LogP contribution < -0.4 is 4.90 Å². The van der Waals surface area contributed by atoms with E-state index in [0.717, 1.165) is 12.1 Å². The zero-order valence-corrected chi connectivity index (χ0v) is 10.8. The van der Waals surface area contributed by atoms with E-state index in [2.05, 4.69) is 10.0 Å². The second-order valence-electron chi connectivity index (χ2n) is 4.44. The summed E-state index contributed by atoms with van der Waals surface area (Å²) in [5.74, 6) is -3.96. The van der Waals surface area contributed by atoms with Crippen LogP contribution >= 0.6 is 0 Å². The monoisotopic (exact) mass is 300 g/mol. The summed E-state index contributed by atoms with van der Waals surface area (Å²) in [7, 11) is 0. The Morgan fingerprint density at radius 3 is 1.95 bits per heavy atom. The summed E-state index contributed by atoms with van der Waals surface area (Å²) >= 11 is 0. The van der Waals surface area contributed by atoms with Crippen LogP contribution in [0.2, 0.25) is 0 Å². The summed E-state index contributed by atoms with van der Waals surface area (Å²) in [6.07, 6.45) is 0. The fourth-order valence-corrected chi connectivity index (χ4v) is 2.27. The Bertz CT molecular complexity index is 817. The molecule has 8 heteroatoms. The Morgan fingerprint density at radius 2 is 1.50 bits per heavy atom. The molecule has 0 N–H and O–H groups in total. The highest BCUT2D eigenvalue weighted by molar-refractivity contribution is 6.34. The molecule has 1 aliphatic rings. The smallest absolute Gasteiger partial charge is 0.266 e. The van der Waals surface area contributed by atoms with Crippen molar-refractivity contribution in [2.45, 2.75) is 0 Å². The minimum atomic E-state index is -1.17. The number of azide groups is 1. The lowest BCUT2D eigenvalue weighted by Gasteiger charge is -2.16. The van der Waals surface area contributed by atoms with Crippen LogP contribution in [0.5, 0.6) is 0 Å². The molecule has 0 unspecified atom stereocenters. The van der Waals surface area contributed by atoms with Crippen molar-refractivity contribution in [3.8, 4) is 0 Å². The number of halogens is 2. The molecule has 0 saturated carbocycles. The maximum Gasteiger partial charge on any atom is 0.266 e. The van der Waals surface area contributed by atoms with Crippen molar-refractivity contribution >= 4 is 23.2 Å². The van der Waals surface area contributed by atoms with Crippen molar-refractivity contribution < 1.29 is 18.4 Å². The van der Waals surface area contributed by atoms with E-state index in [1.54, 1.807) is 12.1 Å². The highest BCUT2D eigenvalue weighted by Crippen LogP contribution is 2.34. The third kappa shape index (κ3) is 1.90. The molecule has 2 aromatic carbocycles. The number of amides is 2. The Morgan fingerprint density at radius 1 is 1.00 bits per heavy atom. The third-order valence-corrected chi connectivity index (χ3v) is 3.18. The standard InChI is InChI=1S/C14H6F2N4O2/c15-10-5-7(18-19-17)6-11(16)12(10)20-13(21)8-3-1-2-4-9(8)14(20)22/h1-6H. The molecule has 0 spiro atoms. The summed E-state index contributed by atoms with van der Waals surface area (Å²) in [6, 6.07) is 7.40. The number of hydrogen-bond donors (Lipinski definition) is 0. The van der Waals surface area contributed by atoms with Gasteiger partial charge in [-0.1, -0.05) is 17.2 Å². The van der Waals surface area contributed by atoms with Gasteiger partial charge in [0, 0.05) is 10.6 Å². The number of nitrogens with zero attached hydrogens (tertiary/aromatic N) is 4. The summed E-state index contributed by atoms with van der Waals surface area (Å²) < 4.78 is 28.2. The summed E-state index contributed by atoms with van der Waals surface area (Å²) in [5.41, 5.74) is 7.35. The van der Waals surface area contributed by atoms with Gasteiger partial charge in [-0.25, -0.2) is 13.7 Å². The number of imide groups is 1. The van der Waals surface area contributed by atoms with Crippen LogP contribution in [0.25, 0.3) is 10.4 Å². The Labute approximate surface area is 122 Å². The highest BCUT2D eigenvalue weighted by atomic mass is 19.1. The number of benzene rings is 2. The van der Waals surface area contributed by atoms with Crippen molar-refractivity contribution in [2.75, 3.05) is 4.90 Å². The Balaban J connectivity index is 2.16. The molecule has 22 heavy (non-hydrogen) atoms. The number of fused-ring (bicyclic) bond motifs is 1. The average Bonchev–Trinajstić information content (AvgIpc) is 2.73. The second-order valence-corrected chi connectivity index (χ2v) is 4.44. The predicted octanol–water partition coefficient (Wildman–Crippen LogP) is 3.71. The molecule has 0 aromatic heterocycles. The lowest BCUT2D eigenvalue weighted by molar-refractivity contribution is 0.0923. The molecule has 2 aromatic rings. The number of hydrogen-bond acceptors (Lipinski definition) is 3. The Hall–Kier alpha value is -3.25. The van der Waals surface area contributed by atoms with E-state index < -0.39 is 29.1 Å². The van der Waals surface area contributed by atoms with Gasteiger partial charge in [-0.15, -0.1) is 0 Å². The first kappa shape index (κ1) is 13.7. The second kappa shape index (κ2) is 4.94. The zero-order valence-electron chi connectivity index (χ0n) is 10.8. The maximum absolute atomic E-state index is 14.1. The van der Waals surface area contributed by atoms with Gasteiger partial charge in [0.2, 0.25) is 0 Å². The number of anilines is 1. The predicted molar refractivity (Wildman–Crippen MR) is 72.7 cm³/mol. The van der Waals surface area contributed by atoms with E-state index in [-0.39, 0.29) is 16.8 Å². The fraction of sp³-hybridized carbons (Fsp3) is 0. The summed E-state index contributed by atoms with van der Waals surface area (Å²) in [5, 5.41) is 3.09. The number of carbonyl (C=O) groups is 2. The molecule has 2 amide bonds. The first-order valence-electron chi connectivity index (χ1n) is 6.06. The Kier molecular flexibility index (Phi) is 3.08. The van der Waals surface area contributed by atoms with Gasteiger partial charge in [0.1, 0.15) is 5.69 Å². The van der Waals surface area contributed by atoms with Crippen molar-refractivity contribution in [1.29, 1.82) is 0 Å². The van der Waals surface area contributed by atoms with Gasteiger partial charge in [0.05, 0.1) is 11.1 Å². The van der Waals surface area contributed by atoms with Crippen LogP contribution in [-0.2, 0) is 0 Å². The van der Waals surface area contributed by atoms with Gasteiger partial charge in [0.25, 0.3) is 11.8 Å². The largest absolute Gasteiger partial charge is 0.268 e. The fourth-order valence-electron chi connectivity index (χ4n) is 2.27. The van der Waals surface area contributed by atoms with Crippen molar-refractivity contribution in [3.63, 3.8) is 0 Å². The topological polar surface area (TPSA) is 86.1 Å². The van der Waals surface area contributed by atoms with E-state index in [9.17, 15) is 18.4 Å². The SMILES string of the molecule is [N-]=[N+]=Nc1cc(F)c(N2C(=O)c3ccccc3C2=O)c(F)c1. The van der Waals surface area contributed by atoms with Gasteiger partial charge >= 0.3 is 0 Å². The quantitative estimate of drug-likeness (QED) is 0.366. The van der Waals surface area contributed by atoms with Crippen LogP contribution in [0.3, 0.4) is 0 Å². The molecule has 0 bridgehead atoms. The summed E-state index contributed by atoms with van der Waals surface area (Å²) in [4.78, 5) is 27.3. The van der Waals surface area contributed by atoms with E-state index in [4.69, 9.17) is 5.53 Å². The molecular formula is C14H6F2N4O2. The first-order valence-corrected chi connectivity index (χ1v) is 6.06. The molecule has 0 saturated heterocycles. The normalized spacial score (nSPS) is 13.1. The van der Waals surface area contributed by atoms with E-state index >= 15 is 0 Å². The highest BCUT2D eigenvalue weighted by Gasteiger charge is 2.39. The molecule has 3 rings (SSSR count). The lowest BCUT2D eigenvalue weighted by atomic mass is 10.1. The molecule has 0 atom stereocenters. The maximum atomic E-state index is 14.1. The van der Waals surface area contributed by atoms with Gasteiger partial charge in [-0.05, 0) is 29.8 Å². The molecule has 0 aliphatic carbocycles. The van der Waals surface area contributed by atoms with E-state index in [1.165, 1.54) is 12.1 Å².